The van der Waals surface area contributed by atoms with Crippen LogP contribution in [-0.2, 0) is 10.8 Å². The van der Waals surface area contributed by atoms with Crippen molar-refractivity contribution in [2.24, 2.45) is 0 Å². The number of fused-ring (bicyclic) bond motifs is 9. The van der Waals surface area contributed by atoms with Crippen LogP contribution < -0.4 is 4.90 Å². The van der Waals surface area contributed by atoms with Gasteiger partial charge in [0.2, 0.25) is 0 Å². The van der Waals surface area contributed by atoms with Crippen LogP contribution in [0.15, 0.2) is 302 Å². The van der Waals surface area contributed by atoms with E-state index < -0.39 is 10.8 Å². The quantitative estimate of drug-likeness (QED) is 0.143. The summed E-state index contributed by atoms with van der Waals surface area (Å²) in [6.45, 7) is 0. The lowest BCUT2D eigenvalue weighted by Gasteiger charge is -2.36. The highest BCUT2D eigenvalue weighted by Gasteiger charge is 2.49. The Morgan fingerprint density at radius 1 is 0.276 bits per heavy atom. The highest BCUT2D eigenvalue weighted by Crippen LogP contribution is 2.61. The second-order valence-electron chi connectivity index (χ2n) is 20.2. The van der Waals surface area contributed by atoms with Crippen molar-refractivity contribution in [3.63, 3.8) is 0 Å². The molecule has 1 heterocycles. The van der Waals surface area contributed by atoms with Gasteiger partial charge in [-0.3, -0.25) is 0 Å². The van der Waals surface area contributed by atoms with E-state index in [1.165, 1.54) is 77.9 Å². The van der Waals surface area contributed by atoms with E-state index in [4.69, 9.17) is 4.42 Å². The normalized spacial score (nSPS) is 14.7. The molecule has 2 heteroatoms. The first-order chi connectivity index (χ1) is 37.7. The molecule has 2 aliphatic rings. The third-order valence-electron chi connectivity index (χ3n) is 16.4. The van der Waals surface area contributed by atoms with Gasteiger partial charge in [-0.05, 0) is 132 Å². The molecule has 2 aliphatic carbocycles. The van der Waals surface area contributed by atoms with Crippen molar-refractivity contribution in [3.8, 4) is 44.5 Å². The average molecular weight is 968 g/mol. The summed E-state index contributed by atoms with van der Waals surface area (Å²) in [6, 6.07) is 110. The molecule has 13 aromatic rings. The van der Waals surface area contributed by atoms with Gasteiger partial charge < -0.3 is 9.32 Å². The molecule has 1 aromatic heterocycles. The van der Waals surface area contributed by atoms with E-state index in [1.54, 1.807) is 0 Å². The molecule has 15 rings (SSSR count). The number of benzene rings is 12. The minimum Gasteiger partial charge on any atom is -0.456 e. The minimum atomic E-state index is -0.667. The van der Waals surface area contributed by atoms with Crippen molar-refractivity contribution in [3.05, 3.63) is 342 Å². The number of hydrogen-bond donors (Lipinski definition) is 0. The summed E-state index contributed by atoms with van der Waals surface area (Å²) in [5.74, 6) is 0. The largest absolute Gasteiger partial charge is 0.456 e. The van der Waals surface area contributed by atoms with E-state index >= 15 is 0 Å². The van der Waals surface area contributed by atoms with Crippen LogP contribution in [0, 0.1) is 0 Å². The standard InChI is InChI=1S/C74H49NO/c1-6-23-50(24-7-1)52-44-46-69-62(47-52)72-68(41-22-42-70(72)76-69)75(67-40-21-39-65-71(67)61-36-17-19-38-64(61)73(65,54-27-10-3-11-28-54)55-29-12-4-13-30-55)58-34-20-33-57(49-58)74(56-31-14-5-15-32-56)63-37-18-16-35-59(63)60-45-43-53(48-66(60)74)51-25-8-2-9-26-51/h1-49H. The van der Waals surface area contributed by atoms with Crippen LogP contribution >= 0.6 is 0 Å². The topological polar surface area (TPSA) is 16.4 Å². The van der Waals surface area contributed by atoms with Crippen LogP contribution in [0.4, 0.5) is 17.1 Å². The molecule has 1 unspecified atom stereocenters. The molecule has 0 aliphatic heterocycles. The Balaban J connectivity index is 1.05. The van der Waals surface area contributed by atoms with Crippen LogP contribution in [0.1, 0.15) is 44.5 Å². The van der Waals surface area contributed by atoms with E-state index in [1.807, 2.05) is 0 Å². The molecule has 0 bridgehead atoms. The SMILES string of the molecule is c1ccc(-c2ccc3c(c2)C(c2ccccc2)(c2cccc(N(c4cccc5c4-c4ccccc4C5(c4ccccc4)c4ccccc4)c4cccc5oc6ccc(-c7ccccc7)cc6c45)c2)c2ccccc2-3)cc1. The zero-order chi connectivity index (χ0) is 50.2. The smallest absolute Gasteiger partial charge is 0.137 e. The minimum absolute atomic E-state index is 0.595. The maximum absolute atomic E-state index is 6.88. The molecule has 0 saturated carbocycles. The van der Waals surface area contributed by atoms with Gasteiger partial charge in [-0.25, -0.2) is 0 Å². The summed E-state index contributed by atoms with van der Waals surface area (Å²) < 4.78 is 6.88. The highest BCUT2D eigenvalue weighted by molar-refractivity contribution is 6.15. The molecular formula is C74H49NO. The first kappa shape index (κ1) is 43.8. The number of rotatable bonds is 9. The van der Waals surface area contributed by atoms with Gasteiger partial charge in [0.25, 0.3) is 0 Å². The molecule has 0 amide bonds. The summed E-state index contributed by atoms with van der Waals surface area (Å²) >= 11 is 0. The Labute approximate surface area is 443 Å². The lowest BCUT2D eigenvalue weighted by molar-refractivity contribution is 0.669. The lowest BCUT2D eigenvalue weighted by Crippen LogP contribution is -2.29. The molecule has 0 fully saturated rings. The van der Waals surface area contributed by atoms with Crippen molar-refractivity contribution in [1.82, 2.24) is 0 Å². The zero-order valence-corrected chi connectivity index (χ0v) is 41.6. The van der Waals surface area contributed by atoms with Gasteiger partial charge in [0.15, 0.2) is 0 Å². The average Bonchev–Trinajstić information content (AvgIpc) is 4.17. The van der Waals surface area contributed by atoms with Crippen LogP contribution in [0.5, 0.6) is 0 Å². The third kappa shape index (κ3) is 6.41. The van der Waals surface area contributed by atoms with Gasteiger partial charge in [0, 0.05) is 16.6 Å². The van der Waals surface area contributed by atoms with Crippen molar-refractivity contribution in [2.45, 2.75) is 10.8 Å². The van der Waals surface area contributed by atoms with Crippen molar-refractivity contribution in [2.75, 3.05) is 4.90 Å². The van der Waals surface area contributed by atoms with Gasteiger partial charge >= 0.3 is 0 Å². The summed E-state index contributed by atoms with van der Waals surface area (Å²) in [5.41, 5.74) is 23.1. The van der Waals surface area contributed by atoms with E-state index in [9.17, 15) is 0 Å². The number of nitrogens with zero attached hydrogens (tertiary/aromatic N) is 1. The fourth-order valence-electron chi connectivity index (χ4n) is 13.3. The summed E-state index contributed by atoms with van der Waals surface area (Å²) in [5, 5.41) is 2.13. The molecule has 356 valence electrons. The fraction of sp³-hybridized carbons (Fsp3) is 0.0270. The van der Waals surface area contributed by atoms with Gasteiger partial charge in [-0.15, -0.1) is 0 Å². The van der Waals surface area contributed by atoms with Crippen LogP contribution in [0.25, 0.3) is 66.4 Å². The van der Waals surface area contributed by atoms with Gasteiger partial charge in [-0.1, -0.05) is 249 Å². The molecule has 76 heavy (non-hydrogen) atoms. The maximum Gasteiger partial charge on any atom is 0.137 e. The number of anilines is 3. The van der Waals surface area contributed by atoms with Crippen molar-refractivity contribution in [1.29, 1.82) is 0 Å². The monoisotopic (exact) mass is 967 g/mol. The Kier molecular flexibility index (Phi) is 10.0. The Hall–Kier alpha value is -9.76. The molecule has 0 spiro atoms. The predicted octanol–water partition coefficient (Wildman–Crippen LogP) is 19.1. The Morgan fingerprint density at radius 3 is 1.41 bits per heavy atom. The van der Waals surface area contributed by atoms with Crippen molar-refractivity contribution < 1.29 is 4.42 Å². The first-order valence-electron chi connectivity index (χ1n) is 26.3. The fourth-order valence-corrected chi connectivity index (χ4v) is 13.3. The van der Waals surface area contributed by atoms with Crippen LogP contribution in [0.2, 0.25) is 0 Å². The van der Waals surface area contributed by atoms with E-state index in [0.717, 1.165) is 50.1 Å². The second-order valence-corrected chi connectivity index (χ2v) is 20.2. The van der Waals surface area contributed by atoms with Crippen LogP contribution in [0.3, 0.4) is 0 Å². The molecule has 0 radical (unpaired) electrons. The van der Waals surface area contributed by atoms with E-state index in [2.05, 4.69) is 302 Å². The van der Waals surface area contributed by atoms with Crippen molar-refractivity contribution >= 4 is 39.0 Å². The number of furan rings is 1. The first-order valence-corrected chi connectivity index (χ1v) is 26.3. The lowest BCUT2D eigenvalue weighted by atomic mass is 9.67. The van der Waals surface area contributed by atoms with Crippen LogP contribution in [-0.4, -0.2) is 0 Å². The molecular weight excluding hydrogens is 919 g/mol. The van der Waals surface area contributed by atoms with E-state index in [0.29, 0.717) is 0 Å². The van der Waals surface area contributed by atoms with Gasteiger partial charge in [0.05, 0.1) is 27.6 Å². The highest BCUT2D eigenvalue weighted by atomic mass is 16.3. The molecule has 0 N–H and O–H groups in total. The summed E-state index contributed by atoms with van der Waals surface area (Å²) in [7, 11) is 0. The van der Waals surface area contributed by atoms with Gasteiger partial charge in [0.1, 0.15) is 11.2 Å². The van der Waals surface area contributed by atoms with E-state index in [-0.39, 0.29) is 0 Å². The Morgan fingerprint density at radius 2 is 0.750 bits per heavy atom. The predicted molar refractivity (Wildman–Crippen MR) is 314 cm³/mol. The Bertz CT molecular complexity index is 4290. The summed E-state index contributed by atoms with van der Waals surface area (Å²) in [6.07, 6.45) is 0. The third-order valence-corrected chi connectivity index (χ3v) is 16.4. The number of hydrogen-bond acceptors (Lipinski definition) is 2. The maximum atomic E-state index is 6.88. The molecule has 1 atom stereocenters. The molecule has 0 saturated heterocycles. The van der Waals surface area contributed by atoms with Gasteiger partial charge in [-0.2, -0.15) is 0 Å². The summed E-state index contributed by atoms with van der Waals surface area (Å²) in [4.78, 5) is 2.54. The second kappa shape index (κ2) is 17.4. The molecule has 12 aromatic carbocycles. The molecule has 2 nitrogen and oxygen atoms in total. The zero-order valence-electron chi connectivity index (χ0n) is 41.6.